The van der Waals surface area contributed by atoms with Gasteiger partial charge in [-0.05, 0) is 50.8 Å². The molecule has 0 spiro atoms. The summed E-state index contributed by atoms with van der Waals surface area (Å²) < 4.78 is 0. The zero-order valence-electron chi connectivity index (χ0n) is 10.7. The van der Waals surface area contributed by atoms with Crippen LogP contribution in [0.1, 0.15) is 12.0 Å². The second kappa shape index (κ2) is 3.27. The SMILES string of the molecule is C1=CC2Cc3cccc4ccc5c(c34)=C2C(=C1)CC=5. The minimum Gasteiger partial charge on any atom is -0.0766 e. The van der Waals surface area contributed by atoms with E-state index in [1.54, 1.807) is 5.57 Å². The second-order valence-electron chi connectivity index (χ2n) is 5.75. The highest BCUT2D eigenvalue weighted by Gasteiger charge is 2.26. The lowest BCUT2D eigenvalue weighted by Gasteiger charge is -2.30. The fourth-order valence-electron chi connectivity index (χ4n) is 3.98. The van der Waals surface area contributed by atoms with Crippen molar-refractivity contribution in [1.82, 2.24) is 0 Å². The average molecular weight is 242 g/mol. The summed E-state index contributed by atoms with van der Waals surface area (Å²) in [5.41, 5.74) is 4.65. The van der Waals surface area contributed by atoms with Crippen molar-refractivity contribution in [1.29, 1.82) is 0 Å². The van der Waals surface area contributed by atoms with Crippen LogP contribution in [0.4, 0.5) is 0 Å². The van der Waals surface area contributed by atoms with E-state index in [2.05, 4.69) is 54.6 Å². The van der Waals surface area contributed by atoms with Crippen LogP contribution >= 0.6 is 0 Å². The Morgan fingerprint density at radius 2 is 2.05 bits per heavy atom. The Kier molecular flexibility index (Phi) is 1.69. The van der Waals surface area contributed by atoms with Gasteiger partial charge < -0.3 is 0 Å². The molecule has 90 valence electrons. The van der Waals surface area contributed by atoms with E-state index in [-0.39, 0.29) is 0 Å². The van der Waals surface area contributed by atoms with Crippen LogP contribution < -0.4 is 10.4 Å². The Morgan fingerprint density at radius 1 is 1.05 bits per heavy atom. The topological polar surface area (TPSA) is 0 Å². The molecule has 0 heterocycles. The van der Waals surface area contributed by atoms with Crippen molar-refractivity contribution >= 4 is 22.4 Å². The van der Waals surface area contributed by atoms with Gasteiger partial charge in [0.1, 0.15) is 0 Å². The van der Waals surface area contributed by atoms with E-state index in [0.29, 0.717) is 5.92 Å². The molecule has 2 aromatic carbocycles. The van der Waals surface area contributed by atoms with Gasteiger partial charge in [-0.15, -0.1) is 0 Å². The molecule has 0 nitrogen and oxygen atoms in total. The lowest BCUT2D eigenvalue weighted by atomic mass is 9.74. The highest BCUT2D eigenvalue weighted by molar-refractivity contribution is 5.93. The predicted octanol–water partition coefficient (Wildman–Crippen LogP) is 2.84. The van der Waals surface area contributed by atoms with Gasteiger partial charge in [-0.25, -0.2) is 0 Å². The zero-order valence-corrected chi connectivity index (χ0v) is 10.7. The maximum atomic E-state index is 2.39. The minimum absolute atomic E-state index is 0.591. The molecular weight excluding hydrogens is 228 g/mol. The lowest BCUT2D eigenvalue weighted by molar-refractivity contribution is 0.801. The minimum atomic E-state index is 0.591. The Bertz CT molecular complexity index is 907. The van der Waals surface area contributed by atoms with Gasteiger partial charge in [0.15, 0.2) is 0 Å². The number of benzene rings is 2. The first-order valence-corrected chi connectivity index (χ1v) is 7.04. The van der Waals surface area contributed by atoms with E-state index in [0.717, 1.165) is 12.8 Å². The molecule has 19 heavy (non-hydrogen) atoms. The van der Waals surface area contributed by atoms with Crippen molar-refractivity contribution in [2.45, 2.75) is 12.8 Å². The Labute approximate surface area is 112 Å². The second-order valence-corrected chi connectivity index (χ2v) is 5.75. The van der Waals surface area contributed by atoms with E-state index in [1.807, 2.05) is 0 Å². The number of hydrogen-bond donors (Lipinski definition) is 0. The summed E-state index contributed by atoms with van der Waals surface area (Å²) in [6.45, 7) is 0. The standard InChI is InChI=1S/C19H14/c1-3-12-7-9-14-10-8-13-4-2-6-16-11-15(5-1)17(12)19(14)18(13)16/h1-7,9-10,16H,8,11H2. The van der Waals surface area contributed by atoms with E-state index in [4.69, 9.17) is 0 Å². The smallest absolute Gasteiger partial charge is 0.00709 e. The van der Waals surface area contributed by atoms with Crippen molar-refractivity contribution in [2.24, 2.45) is 5.92 Å². The van der Waals surface area contributed by atoms with Crippen LogP contribution in [-0.2, 0) is 6.42 Å². The molecule has 0 aromatic heterocycles. The molecule has 0 fully saturated rings. The molecule has 0 radical (unpaired) electrons. The van der Waals surface area contributed by atoms with Crippen molar-refractivity contribution < 1.29 is 0 Å². The van der Waals surface area contributed by atoms with Gasteiger partial charge in [0.05, 0.1) is 0 Å². The van der Waals surface area contributed by atoms with E-state index in [9.17, 15) is 0 Å². The fourth-order valence-corrected chi connectivity index (χ4v) is 3.98. The quantitative estimate of drug-likeness (QED) is 0.666. The Balaban J connectivity index is 2.15. The van der Waals surface area contributed by atoms with Crippen LogP contribution in [0.25, 0.3) is 22.4 Å². The third kappa shape index (κ3) is 1.14. The molecule has 5 rings (SSSR count). The summed E-state index contributed by atoms with van der Waals surface area (Å²) in [6.07, 6.45) is 11.6. The van der Waals surface area contributed by atoms with Crippen LogP contribution in [0.2, 0.25) is 0 Å². The molecule has 0 amide bonds. The van der Waals surface area contributed by atoms with Gasteiger partial charge in [-0.3, -0.25) is 0 Å². The lowest BCUT2D eigenvalue weighted by Crippen LogP contribution is -2.37. The zero-order chi connectivity index (χ0) is 12.4. The molecule has 3 aliphatic carbocycles. The molecule has 3 aliphatic rings. The largest absolute Gasteiger partial charge is 0.0766 e. The van der Waals surface area contributed by atoms with E-state index >= 15 is 0 Å². The highest BCUT2D eigenvalue weighted by atomic mass is 14.3. The van der Waals surface area contributed by atoms with Gasteiger partial charge in [-0.2, -0.15) is 0 Å². The molecular formula is C19H14. The first kappa shape index (κ1) is 9.80. The molecule has 0 heteroatoms. The van der Waals surface area contributed by atoms with Gasteiger partial charge in [0.2, 0.25) is 0 Å². The highest BCUT2D eigenvalue weighted by Crippen LogP contribution is 2.36. The summed E-state index contributed by atoms with van der Waals surface area (Å²) >= 11 is 0. The van der Waals surface area contributed by atoms with Crippen LogP contribution in [0.15, 0.2) is 54.1 Å². The summed E-state index contributed by atoms with van der Waals surface area (Å²) in [4.78, 5) is 0. The molecule has 2 aromatic rings. The molecule has 0 saturated carbocycles. The first-order valence-electron chi connectivity index (χ1n) is 7.04. The van der Waals surface area contributed by atoms with Crippen LogP contribution in [0.3, 0.4) is 0 Å². The molecule has 0 N–H and O–H groups in total. The van der Waals surface area contributed by atoms with E-state index < -0.39 is 0 Å². The molecule has 0 bridgehead atoms. The molecule has 0 saturated heterocycles. The predicted molar refractivity (Wildman–Crippen MR) is 80.1 cm³/mol. The van der Waals surface area contributed by atoms with Gasteiger partial charge in [-0.1, -0.05) is 54.6 Å². The van der Waals surface area contributed by atoms with Gasteiger partial charge in [0, 0.05) is 5.92 Å². The number of allylic oxidation sites excluding steroid dienone is 4. The van der Waals surface area contributed by atoms with E-state index in [1.165, 1.54) is 32.3 Å². The molecule has 0 aliphatic heterocycles. The summed E-state index contributed by atoms with van der Waals surface area (Å²) in [5, 5.41) is 5.85. The summed E-state index contributed by atoms with van der Waals surface area (Å²) in [7, 11) is 0. The summed E-state index contributed by atoms with van der Waals surface area (Å²) in [5.74, 6) is 0.591. The number of rotatable bonds is 0. The van der Waals surface area contributed by atoms with Crippen molar-refractivity contribution in [3.05, 3.63) is 70.1 Å². The third-order valence-corrected chi connectivity index (χ3v) is 4.77. The van der Waals surface area contributed by atoms with Crippen molar-refractivity contribution in [3.8, 4) is 0 Å². The van der Waals surface area contributed by atoms with Gasteiger partial charge >= 0.3 is 0 Å². The average Bonchev–Trinajstić information content (AvgIpc) is 2.47. The summed E-state index contributed by atoms with van der Waals surface area (Å²) in [6, 6.07) is 11.3. The van der Waals surface area contributed by atoms with Crippen molar-refractivity contribution in [3.63, 3.8) is 0 Å². The molecule has 1 unspecified atom stereocenters. The first-order chi connectivity index (χ1) is 9.42. The maximum Gasteiger partial charge on any atom is 0.00709 e. The molecule has 1 atom stereocenters. The van der Waals surface area contributed by atoms with Crippen LogP contribution in [0, 0.1) is 5.92 Å². The van der Waals surface area contributed by atoms with Crippen LogP contribution in [-0.4, -0.2) is 0 Å². The number of hydrogen-bond acceptors (Lipinski definition) is 0. The maximum absolute atomic E-state index is 2.39. The normalized spacial score (nSPS) is 22.2. The van der Waals surface area contributed by atoms with Crippen LogP contribution in [0.5, 0.6) is 0 Å². The Hall–Kier alpha value is -2.08. The van der Waals surface area contributed by atoms with Gasteiger partial charge in [0.25, 0.3) is 0 Å². The monoisotopic (exact) mass is 242 g/mol. The fraction of sp³-hybridized carbons (Fsp3) is 0.158. The Morgan fingerprint density at radius 3 is 3.05 bits per heavy atom. The van der Waals surface area contributed by atoms with Crippen molar-refractivity contribution in [2.75, 3.05) is 0 Å². The third-order valence-electron chi connectivity index (χ3n) is 4.77.